The molecule has 2 rings (SSSR count). The standard InChI is InChI=1S/C17H21NO3S/c1-2-3-11-18-17(19)10-12-22(20,21)16-9-8-14-6-4-5-7-15(14)13-16/h4-9,13H,2-3,10-12H2,1H3,(H,18,19). The molecule has 0 saturated heterocycles. The zero-order chi connectivity index (χ0) is 16.0. The van der Waals surface area contributed by atoms with E-state index in [-0.39, 0.29) is 23.0 Å². The number of amides is 1. The summed E-state index contributed by atoms with van der Waals surface area (Å²) in [5.41, 5.74) is 0. The molecule has 5 heteroatoms. The van der Waals surface area contributed by atoms with Crippen LogP contribution in [0.4, 0.5) is 0 Å². The van der Waals surface area contributed by atoms with Crippen LogP contribution in [0.25, 0.3) is 10.8 Å². The van der Waals surface area contributed by atoms with Crippen molar-refractivity contribution in [3.63, 3.8) is 0 Å². The molecule has 1 amide bonds. The molecule has 0 unspecified atom stereocenters. The molecule has 118 valence electrons. The number of hydrogen-bond donors (Lipinski definition) is 1. The van der Waals surface area contributed by atoms with Gasteiger partial charge in [-0.25, -0.2) is 8.42 Å². The van der Waals surface area contributed by atoms with E-state index in [0.29, 0.717) is 6.54 Å². The molecule has 2 aromatic rings. The first-order valence-electron chi connectivity index (χ1n) is 7.51. The van der Waals surface area contributed by atoms with E-state index in [4.69, 9.17) is 0 Å². The van der Waals surface area contributed by atoms with Crippen molar-refractivity contribution < 1.29 is 13.2 Å². The van der Waals surface area contributed by atoms with E-state index in [2.05, 4.69) is 5.32 Å². The topological polar surface area (TPSA) is 63.2 Å². The third-order valence-corrected chi connectivity index (χ3v) is 5.24. The lowest BCUT2D eigenvalue weighted by Gasteiger charge is -2.07. The van der Waals surface area contributed by atoms with Crippen molar-refractivity contribution in [3.8, 4) is 0 Å². The van der Waals surface area contributed by atoms with Crippen LogP contribution in [0.15, 0.2) is 47.4 Å². The predicted octanol–water partition coefficient (Wildman–Crippen LogP) is 2.92. The quantitative estimate of drug-likeness (QED) is 0.798. The van der Waals surface area contributed by atoms with Gasteiger partial charge in [-0.2, -0.15) is 0 Å². The summed E-state index contributed by atoms with van der Waals surface area (Å²) in [4.78, 5) is 11.9. The molecule has 2 aromatic carbocycles. The molecule has 0 heterocycles. The molecule has 4 nitrogen and oxygen atoms in total. The molecule has 0 bridgehead atoms. The van der Waals surface area contributed by atoms with Gasteiger partial charge in [-0.05, 0) is 29.3 Å². The Labute approximate surface area is 131 Å². The lowest BCUT2D eigenvalue weighted by atomic mass is 10.1. The molecule has 0 fully saturated rings. The third kappa shape index (κ3) is 4.31. The van der Waals surface area contributed by atoms with E-state index in [1.807, 2.05) is 31.2 Å². The fourth-order valence-electron chi connectivity index (χ4n) is 2.20. The van der Waals surface area contributed by atoms with Gasteiger partial charge in [0.05, 0.1) is 10.6 Å². The molecular weight excluding hydrogens is 298 g/mol. The molecule has 0 atom stereocenters. The van der Waals surface area contributed by atoms with Gasteiger partial charge in [-0.1, -0.05) is 43.7 Å². The van der Waals surface area contributed by atoms with Crippen molar-refractivity contribution in [2.75, 3.05) is 12.3 Å². The van der Waals surface area contributed by atoms with Crippen molar-refractivity contribution in [1.82, 2.24) is 5.32 Å². The summed E-state index contributed by atoms with van der Waals surface area (Å²) in [5.74, 6) is -0.374. The summed E-state index contributed by atoms with van der Waals surface area (Å²) >= 11 is 0. The number of carbonyl (C=O) groups excluding carboxylic acids is 1. The number of rotatable bonds is 7. The van der Waals surface area contributed by atoms with Crippen LogP contribution in [-0.4, -0.2) is 26.6 Å². The van der Waals surface area contributed by atoms with Crippen LogP contribution >= 0.6 is 0 Å². The number of carbonyl (C=O) groups is 1. The summed E-state index contributed by atoms with van der Waals surface area (Å²) in [6.07, 6.45) is 1.90. The number of benzene rings is 2. The van der Waals surface area contributed by atoms with Crippen molar-refractivity contribution in [2.24, 2.45) is 0 Å². The molecule has 0 aliphatic heterocycles. The minimum Gasteiger partial charge on any atom is -0.356 e. The van der Waals surface area contributed by atoms with Crippen molar-refractivity contribution in [1.29, 1.82) is 0 Å². The van der Waals surface area contributed by atoms with Gasteiger partial charge in [0.15, 0.2) is 9.84 Å². The number of sulfone groups is 1. The van der Waals surface area contributed by atoms with E-state index in [9.17, 15) is 13.2 Å². The van der Waals surface area contributed by atoms with Gasteiger partial charge in [0.25, 0.3) is 0 Å². The van der Waals surface area contributed by atoms with Gasteiger partial charge in [0, 0.05) is 13.0 Å². The Bertz CT molecular complexity index is 753. The Morgan fingerprint density at radius 1 is 1.09 bits per heavy atom. The number of hydrogen-bond acceptors (Lipinski definition) is 3. The van der Waals surface area contributed by atoms with Gasteiger partial charge in [-0.3, -0.25) is 4.79 Å². The van der Waals surface area contributed by atoms with Crippen molar-refractivity contribution in [2.45, 2.75) is 31.1 Å². The maximum atomic E-state index is 12.3. The smallest absolute Gasteiger partial charge is 0.221 e. The lowest BCUT2D eigenvalue weighted by Crippen LogP contribution is -2.26. The van der Waals surface area contributed by atoms with E-state index in [1.165, 1.54) is 0 Å². The SMILES string of the molecule is CCCCNC(=O)CCS(=O)(=O)c1ccc2ccccc2c1. The van der Waals surface area contributed by atoms with Gasteiger partial charge >= 0.3 is 0 Å². The Morgan fingerprint density at radius 3 is 2.55 bits per heavy atom. The molecule has 0 aliphatic carbocycles. The van der Waals surface area contributed by atoms with E-state index < -0.39 is 9.84 Å². The largest absolute Gasteiger partial charge is 0.356 e. The highest BCUT2D eigenvalue weighted by molar-refractivity contribution is 7.91. The number of nitrogens with one attached hydrogen (secondary N) is 1. The first kappa shape index (κ1) is 16.5. The Balaban J connectivity index is 2.04. The highest BCUT2D eigenvalue weighted by atomic mass is 32.2. The fraction of sp³-hybridized carbons (Fsp3) is 0.353. The average Bonchev–Trinajstić information content (AvgIpc) is 2.53. The van der Waals surface area contributed by atoms with Crippen LogP contribution in [0.5, 0.6) is 0 Å². The van der Waals surface area contributed by atoms with Crippen molar-refractivity contribution >= 4 is 26.5 Å². The maximum Gasteiger partial charge on any atom is 0.221 e. The molecule has 0 spiro atoms. The van der Waals surface area contributed by atoms with Gasteiger partial charge in [-0.15, -0.1) is 0 Å². The fourth-order valence-corrected chi connectivity index (χ4v) is 3.47. The first-order valence-corrected chi connectivity index (χ1v) is 9.16. The van der Waals surface area contributed by atoms with Gasteiger partial charge in [0.1, 0.15) is 0 Å². The normalized spacial score (nSPS) is 11.5. The zero-order valence-corrected chi connectivity index (χ0v) is 13.5. The van der Waals surface area contributed by atoms with Crippen molar-refractivity contribution in [3.05, 3.63) is 42.5 Å². The Morgan fingerprint density at radius 2 is 1.82 bits per heavy atom. The summed E-state index contributed by atoms with van der Waals surface area (Å²) in [7, 11) is -3.44. The van der Waals surface area contributed by atoms with Gasteiger partial charge < -0.3 is 5.32 Å². The van der Waals surface area contributed by atoms with Crippen LogP contribution in [0, 0.1) is 0 Å². The lowest BCUT2D eigenvalue weighted by molar-refractivity contribution is -0.120. The second kappa shape index (κ2) is 7.40. The Kier molecular flexibility index (Phi) is 5.55. The summed E-state index contributed by atoms with van der Waals surface area (Å²) in [5, 5.41) is 4.62. The molecule has 0 aliphatic rings. The first-order chi connectivity index (χ1) is 10.5. The minimum absolute atomic E-state index is 0.00112. The van der Waals surface area contributed by atoms with E-state index >= 15 is 0 Å². The second-order valence-corrected chi connectivity index (χ2v) is 7.39. The predicted molar refractivity (Wildman–Crippen MR) is 88.5 cm³/mol. The van der Waals surface area contributed by atoms with Crippen LogP contribution in [0.1, 0.15) is 26.2 Å². The van der Waals surface area contributed by atoms with E-state index in [1.54, 1.807) is 18.2 Å². The summed E-state index contributed by atoms with van der Waals surface area (Å²) in [6.45, 7) is 2.64. The average molecular weight is 319 g/mol. The molecule has 0 saturated carbocycles. The molecular formula is C17H21NO3S. The maximum absolute atomic E-state index is 12.3. The van der Waals surface area contributed by atoms with Crippen LogP contribution in [0.2, 0.25) is 0 Å². The third-order valence-electron chi connectivity index (χ3n) is 3.53. The Hall–Kier alpha value is -1.88. The van der Waals surface area contributed by atoms with Gasteiger partial charge in [0.2, 0.25) is 5.91 Å². The molecule has 0 aromatic heterocycles. The molecule has 1 N–H and O–H groups in total. The molecule has 22 heavy (non-hydrogen) atoms. The van der Waals surface area contributed by atoms with Crippen LogP contribution in [0.3, 0.4) is 0 Å². The number of fused-ring (bicyclic) bond motifs is 1. The summed E-state index contributed by atoms with van der Waals surface area (Å²) in [6, 6.07) is 12.7. The minimum atomic E-state index is -3.44. The highest BCUT2D eigenvalue weighted by Gasteiger charge is 2.16. The van der Waals surface area contributed by atoms with E-state index in [0.717, 1.165) is 23.6 Å². The monoisotopic (exact) mass is 319 g/mol. The zero-order valence-electron chi connectivity index (χ0n) is 12.7. The van der Waals surface area contributed by atoms with Crippen LogP contribution in [-0.2, 0) is 14.6 Å². The second-order valence-electron chi connectivity index (χ2n) is 5.28. The number of unbranched alkanes of at least 4 members (excludes halogenated alkanes) is 1. The van der Waals surface area contributed by atoms with Crippen LogP contribution < -0.4 is 5.32 Å². The highest BCUT2D eigenvalue weighted by Crippen LogP contribution is 2.20. The summed E-state index contributed by atoms with van der Waals surface area (Å²) < 4.78 is 24.7. The molecule has 0 radical (unpaired) electrons.